The smallest absolute Gasteiger partial charge is 0.345 e. The van der Waals surface area contributed by atoms with Crippen LogP contribution in [0.2, 0.25) is 0 Å². The Bertz CT molecular complexity index is 2580. The second-order valence-corrected chi connectivity index (χ2v) is 18.9. The fraction of sp³-hybridized carbons (Fsp3) is 0.432. The molecule has 4 amide bonds. The van der Waals surface area contributed by atoms with Gasteiger partial charge in [0, 0.05) is 62.9 Å². The number of hydrogen-bond acceptors (Lipinski definition) is 13. The van der Waals surface area contributed by atoms with Crippen LogP contribution in [0.15, 0.2) is 60.7 Å². The van der Waals surface area contributed by atoms with Gasteiger partial charge in [-0.25, -0.2) is 9.59 Å². The predicted octanol–water partition coefficient (Wildman–Crippen LogP) is 3.38. The number of hydrogen-bond donors (Lipinski definition) is 4. The van der Waals surface area contributed by atoms with Crippen LogP contribution in [-0.2, 0) is 50.8 Å². The molecule has 350 valence electrons. The third-order valence-corrected chi connectivity index (χ3v) is 12.2. The second kappa shape index (κ2) is 22.8. The Hall–Kier alpha value is -5.87. The number of carbonyl (C=O) groups excluding carboxylic acids is 6. The normalized spacial score (nSPS) is 13.2. The number of para-hydroxylation sites is 2. The van der Waals surface area contributed by atoms with E-state index in [0.29, 0.717) is 81.6 Å². The minimum Gasteiger partial charge on any atom is -0.422 e. The molecule has 3 aromatic carbocycles. The number of esters is 1. The minimum atomic E-state index is -4.17. The number of aromatic nitrogens is 1. The number of imide groups is 1. The van der Waals surface area contributed by atoms with Gasteiger partial charge < -0.3 is 25.1 Å². The summed E-state index contributed by atoms with van der Waals surface area (Å²) in [4.78, 5) is 81.7. The third kappa shape index (κ3) is 14.8. The average Bonchev–Trinajstić information content (AvgIpc) is 3.55. The molecule has 0 saturated carbocycles. The van der Waals surface area contributed by atoms with E-state index in [1.807, 2.05) is 33.7 Å². The van der Waals surface area contributed by atoms with E-state index in [4.69, 9.17) is 9.57 Å². The maximum Gasteiger partial charge on any atom is 0.345 e. The van der Waals surface area contributed by atoms with Gasteiger partial charge in [0.25, 0.3) is 38.0 Å². The number of aryl methyl sites for hydroxylation is 3. The van der Waals surface area contributed by atoms with E-state index in [9.17, 15) is 54.7 Å². The highest BCUT2D eigenvalue weighted by atomic mass is 32.2. The fourth-order valence-electron chi connectivity index (χ4n) is 7.60. The number of nitrogens with zero attached hydrogens (tertiary/aromatic N) is 3. The summed E-state index contributed by atoms with van der Waals surface area (Å²) in [5.41, 5.74) is 3.08. The number of pyridine rings is 1. The van der Waals surface area contributed by atoms with Gasteiger partial charge in [-0.2, -0.15) is 21.4 Å². The van der Waals surface area contributed by atoms with Crippen molar-refractivity contribution in [3.8, 4) is 5.75 Å². The third-order valence-electron chi connectivity index (χ3n) is 10.6. The SMILES string of the molecule is Cc1cc(C(=O)NCCCN(CCCNC(=O)CCCC(=O)ON2C(=O)CCC2=O)CCCS(=O)(=O)O)cc(C)c1OC(=O)c1c2ccccc2[n+](CCCS(=O)(=O)O)c2ccccc12. The number of benzene rings is 3. The van der Waals surface area contributed by atoms with Gasteiger partial charge in [0.1, 0.15) is 5.75 Å². The molecule has 1 saturated heterocycles. The van der Waals surface area contributed by atoms with Crippen molar-refractivity contribution < 1.29 is 68.8 Å². The van der Waals surface area contributed by atoms with Crippen molar-refractivity contribution in [2.75, 3.05) is 44.2 Å². The number of rotatable bonds is 24. The van der Waals surface area contributed by atoms with E-state index in [1.165, 1.54) is 0 Å². The van der Waals surface area contributed by atoms with Gasteiger partial charge in [-0.05, 0) is 94.6 Å². The van der Waals surface area contributed by atoms with Gasteiger partial charge >= 0.3 is 11.9 Å². The van der Waals surface area contributed by atoms with Gasteiger partial charge in [-0.3, -0.25) is 28.3 Å². The van der Waals surface area contributed by atoms with Crippen molar-refractivity contribution in [2.24, 2.45) is 0 Å². The molecule has 4 aromatic rings. The molecule has 4 N–H and O–H groups in total. The van der Waals surface area contributed by atoms with Crippen LogP contribution in [0, 0.1) is 13.8 Å². The van der Waals surface area contributed by atoms with Crippen molar-refractivity contribution in [1.82, 2.24) is 20.6 Å². The van der Waals surface area contributed by atoms with E-state index in [2.05, 4.69) is 10.6 Å². The molecule has 5 rings (SSSR count). The molecule has 1 fully saturated rings. The number of ether oxygens (including phenoxy) is 1. The van der Waals surface area contributed by atoms with Crippen molar-refractivity contribution in [1.29, 1.82) is 0 Å². The lowest BCUT2D eigenvalue weighted by Gasteiger charge is -2.22. The highest BCUT2D eigenvalue weighted by Gasteiger charge is 2.33. The Kier molecular flexibility index (Phi) is 17.6. The van der Waals surface area contributed by atoms with Gasteiger partial charge in [-0.1, -0.05) is 24.3 Å². The summed E-state index contributed by atoms with van der Waals surface area (Å²) in [5, 5.41) is 7.28. The molecule has 1 aromatic heterocycles. The monoisotopic (exact) mass is 940 g/mol. The summed E-state index contributed by atoms with van der Waals surface area (Å²) >= 11 is 0. The highest BCUT2D eigenvalue weighted by Crippen LogP contribution is 2.30. The molecule has 0 spiro atoms. The molecule has 0 radical (unpaired) electrons. The summed E-state index contributed by atoms with van der Waals surface area (Å²) in [6.45, 7) is 5.53. The number of nitrogens with one attached hydrogen (secondary N) is 2. The van der Waals surface area contributed by atoms with E-state index >= 15 is 0 Å². The zero-order chi connectivity index (χ0) is 47.3. The second-order valence-electron chi connectivity index (χ2n) is 15.7. The zero-order valence-corrected chi connectivity index (χ0v) is 37.9. The van der Waals surface area contributed by atoms with Crippen LogP contribution < -0.4 is 19.9 Å². The van der Waals surface area contributed by atoms with E-state index < -0.39 is 55.5 Å². The van der Waals surface area contributed by atoms with Crippen LogP contribution in [0.4, 0.5) is 0 Å². The summed E-state index contributed by atoms with van der Waals surface area (Å²) < 4.78 is 72.1. The van der Waals surface area contributed by atoms with Gasteiger partial charge in [0.15, 0.2) is 6.54 Å². The van der Waals surface area contributed by atoms with Gasteiger partial charge in [-0.15, -0.1) is 5.06 Å². The Labute approximate surface area is 376 Å². The summed E-state index contributed by atoms with van der Waals surface area (Å²) in [6, 6.07) is 17.6. The van der Waals surface area contributed by atoms with Gasteiger partial charge in [0.05, 0.1) is 27.8 Å². The van der Waals surface area contributed by atoms with Crippen molar-refractivity contribution in [3.63, 3.8) is 0 Å². The molecule has 2 heterocycles. The van der Waals surface area contributed by atoms with Crippen LogP contribution in [0.1, 0.15) is 89.6 Å². The molecular formula is C44H54N5O14S2+. The molecule has 21 heteroatoms. The lowest BCUT2D eigenvalue weighted by Crippen LogP contribution is -2.37. The number of hydroxylamine groups is 2. The first-order chi connectivity index (χ1) is 30.8. The first-order valence-electron chi connectivity index (χ1n) is 21.2. The van der Waals surface area contributed by atoms with E-state index in [0.717, 1.165) is 0 Å². The fourth-order valence-corrected chi connectivity index (χ4v) is 8.59. The average molecular weight is 941 g/mol. The lowest BCUT2D eigenvalue weighted by atomic mass is 10.0. The van der Waals surface area contributed by atoms with Crippen molar-refractivity contribution >= 4 is 77.6 Å². The molecule has 0 aliphatic carbocycles. The van der Waals surface area contributed by atoms with Crippen molar-refractivity contribution in [3.05, 3.63) is 82.9 Å². The van der Waals surface area contributed by atoms with Crippen LogP contribution in [0.3, 0.4) is 0 Å². The first kappa shape index (κ1) is 50.1. The van der Waals surface area contributed by atoms with Crippen LogP contribution in [0.5, 0.6) is 5.75 Å². The Morgan fingerprint density at radius 1 is 0.723 bits per heavy atom. The Balaban J connectivity index is 1.13. The highest BCUT2D eigenvalue weighted by molar-refractivity contribution is 7.86. The molecule has 19 nitrogen and oxygen atoms in total. The lowest BCUT2D eigenvalue weighted by molar-refractivity contribution is -0.645. The summed E-state index contributed by atoms with van der Waals surface area (Å²) in [5.74, 6) is -3.83. The van der Waals surface area contributed by atoms with Crippen LogP contribution in [0.25, 0.3) is 21.8 Å². The first-order valence-corrected chi connectivity index (χ1v) is 24.4. The molecule has 1 aliphatic rings. The summed E-state index contributed by atoms with van der Waals surface area (Å²) in [6.07, 6.45) is 1.24. The molecule has 65 heavy (non-hydrogen) atoms. The molecule has 0 atom stereocenters. The van der Waals surface area contributed by atoms with Gasteiger partial charge in [0.2, 0.25) is 16.9 Å². The molecule has 0 unspecified atom stereocenters. The number of amides is 4. The van der Waals surface area contributed by atoms with Crippen molar-refractivity contribution in [2.45, 2.75) is 78.2 Å². The predicted molar refractivity (Wildman–Crippen MR) is 237 cm³/mol. The van der Waals surface area contributed by atoms with Crippen LogP contribution >= 0.6 is 0 Å². The minimum absolute atomic E-state index is 0.0116. The summed E-state index contributed by atoms with van der Waals surface area (Å²) in [7, 11) is -8.34. The largest absolute Gasteiger partial charge is 0.422 e. The van der Waals surface area contributed by atoms with E-state index in [1.54, 1.807) is 50.2 Å². The maximum atomic E-state index is 14.1. The topological polar surface area (TPSA) is 264 Å². The quantitative estimate of drug-likeness (QED) is 0.0149. The number of carbonyl (C=O) groups is 6. The molecule has 0 bridgehead atoms. The van der Waals surface area contributed by atoms with E-state index in [-0.39, 0.29) is 82.1 Å². The molecule has 1 aliphatic heterocycles. The standard InChI is InChI=1S/C44H53N5O14S2/c1-30-28-32(29-31(2)42(30)62-44(55)41-33-12-3-5-14-35(33)48(25-11-27-65(59,60)61)36-15-6-4-13-34(36)41)43(54)46-21-9-23-47(24-10-26-64(56,57)58)22-8-20-45-37(50)16-7-17-40(53)63-49-38(51)18-19-39(49)52/h3-6,12-15,28-29H,7-11,16-27H2,1-2H3,(H3-,45,46,50,54,56,57,58,59,60,61)/p+1. The van der Waals surface area contributed by atoms with Crippen LogP contribution in [-0.4, -0.2) is 116 Å². The Morgan fingerprint density at radius 3 is 1.82 bits per heavy atom. The zero-order valence-electron chi connectivity index (χ0n) is 36.2. The number of fused-ring (bicyclic) bond motifs is 2. The Morgan fingerprint density at radius 2 is 1.25 bits per heavy atom. The molecular weight excluding hydrogens is 887 g/mol. The maximum absolute atomic E-state index is 14.1.